The summed E-state index contributed by atoms with van der Waals surface area (Å²) in [6.07, 6.45) is 2.73. The first kappa shape index (κ1) is 24.8. The molecule has 2 aliphatic heterocycles. The van der Waals surface area contributed by atoms with E-state index in [0.29, 0.717) is 24.1 Å². The molecule has 35 heavy (non-hydrogen) atoms. The summed E-state index contributed by atoms with van der Waals surface area (Å²) in [6.45, 7) is 3.21. The summed E-state index contributed by atoms with van der Waals surface area (Å²) in [7, 11) is -0.813. The van der Waals surface area contributed by atoms with Crippen molar-refractivity contribution >= 4 is 28.5 Å². The molecular weight excluding hydrogens is 476 g/mol. The van der Waals surface area contributed by atoms with E-state index in [1.807, 2.05) is 13.0 Å². The molecule has 2 aromatic heterocycles. The number of rotatable bonds is 4. The smallest absolute Gasteiger partial charge is 0.275 e. The maximum absolute atomic E-state index is 15.0. The van der Waals surface area contributed by atoms with Gasteiger partial charge in [-0.25, -0.2) is 23.1 Å². The Morgan fingerprint density at radius 1 is 1.40 bits per heavy atom. The number of pyridine rings is 2. The Morgan fingerprint density at radius 3 is 2.91 bits per heavy atom. The molecule has 0 spiro atoms. The van der Waals surface area contributed by atoms with Crippen molar-refractivity contribution < 1.29 is 17.8 Å². The van der Waals surface area contributed by atoms with E-state index in [-0.39, 0.29) is 36.1 Å². The molecule has 0 aliphatic carbocycles. The van der Waals surface area contributed by atoms with Crippen LogP contribution >= 0.6 is 0 Å². The number of carbonyl (C=O) groups excluding carboxylic acids is 1. The van der Waals surface area contributed by atoms with Gasteiger partial charge < -0.3 is 15.2 Å². The molecule has 9 nitrogen and oxygen atoms in total. The third kappa shape index (κ3) is 4.66. The lowest BCUT2D eigenvalue weighted by Gasteiger charge is -2.38. The van der Waals surface area contributed by atoms with E-state index >= 15 is 4.39 Å². The van der Waals surface area contributed by atoms with Gasteiger partial charge in [0.1, 0.15) is 51.9 Å². The lowest BCUT2D eigenvalue weighted by Crippen LogP contribution is -2.51. The molecule has 0 fully saturated rings. The highest BCUT2D eigenvalue weighted by Crippen LogP contribution is 2.38. The number of fused-ring (bicyclic) bond motifs is 1. The van der Waals surface area contributed by atoms with Gasteiger partial charge in [-0.2, -0.15) is 5.26 Å². The minimum absolute atomic E-state index is 0.000151. The second kappa shape index (κ2) is 9.75. The number of nitrogens with one attached hydrogen (secondary N) is 1. The van der Waals surface area contributed by atoms with Gasteiger partial charge in [0.2, 0.25) is 0 Å². The molecular formula is C23H25F2N7O2S. The zero-order valence-corrected chi connectivity index (χ0v) is 20.2. The molecule has 3 N–H and O–H groups in total. The predicted molar refractivity (Wildman–Crippen MR) is 128 cm³/mol. The number of aromatic nitrogens is 2. The molecule has 0 saturated heterocycles. The van der Waals surface area contributed by atoms with Crippen molar-refractivity contribution in [2.24, 2.45) is 15.1 Å². The van der Waals surface area contributed by atoms with Gasteiger partial charge in [0.15, 0.2) is 0 Å². The molecule has 2 aromatic rings. The number of aryl methyl sites for hydroxylation is 1. The maximum atomic E-state index is 15.0. The van der Waals surface area contributed by atoms with Gasteiger partial charge in [-0.15, -0.1) is 0 Å². The molecule has 4 rings (SSSR count). The number of alkyl halides is 1. The molecule has 1 amide bonds. The van der Waals surface area contributed by atoms with Gasteiger partial charge in [-0.1, -0.05) is 0 Å². The molecule has 0 saturated carbocycles. The number of nitrogens with two attached hydrogens (primary N) is 1. The summed E-state index contributed by atoms with van der Waals surface area (Å²) >= 11 is 0. The Labute approximate surface area is 204 Å². The second-order valence-electron chi connectivity index (χ2n) is 8.65. The minimum Gasteiger partial charge on any atom is -0.386 e. The minimum atomic E-state index is -1.71. The van der Waals surface area contributed by atoms with Gasteiger partial charge in [0.25, 0.3) is 5.91 Å². The number of hydrogen-bond donors (Lipinski definition) is 2. The van der Waals surface area contributed by atoms with E-state index in [1.165, 1.54) is 18.3 Å². The van der Waals surface area contributed by atoms with E-state index in [1.54, 1.807) is 6.92 Å². The lowest BCUT2D eigenvalue weighted by atomic mass is 9.91. The Balaban J connectivity index is 1.71. The summed E-state index contributed by atoms with van der Waals surface area (Å²) < 4.78 is 39.4. The predicted octanol–water partition coefficient (Wildman–Crippen LogP) is 3.26. The van der Waals surface area contributed by atoms with Crippen molar-refractivity contribution in [3.63, 3.8) is 0 Å². The van der Waals surface area contributed by atoms with Crippen LogP contribution in [0.25, 0.3) is 0 Å². The normalized spacial score (nSPS) is 26.3. The van der Waals surface area contributed by atoms with E-state index in [2.05, 4.69) is 24.6 Å². The van der Waals surface area contributed by atoms with Crippen LogP contribution in [-0.2, 0) is 20.7 Å². The van der Waals surface area contributed by atoms with Crippen LogP contribution in [0.2, 0.25) is 0 Å². The molecule has 0 aromatic carbocycles. The van der Waals surface area contributed by atoms with E-state index in [9.17, 15) is 9.18 Å². The quantitative estimate of drug-likeness (QED) is 0.659. The third-order valence-corrected chi connectivity index (χ3v) is 8.16. The number of carbonyl (C=O) groups is 1. The molecule has 12 heteroatoms. The highest BCUT2D eigenvalue weighted by molar-refractivity contribution is 7.85. The summed E-state index contributed by atoms with van der Waals surface area (Å²) in [5, 5.41) is 11.6. The molecule has 3 atom stereocenters. The van der Waals surface area contributed by atoms with Gasteiger partial charge in [0.05, 0.1) is 12.2 Å². The van der Waals surface area contributed by atoms with Gasteiger partial charge in [-0.3, -0.25) is 9.79 Å². The monoisotopic (exact) mass is 501 g/mol. The average Bonchev–Trinajstić information content (AvgIpc) is 2.84. The van der Waals surface area contributed by atoms with Crippen molar-refractivity contribution in [3.05, 3.63) is 52.7 Å². The highest BCUT2D eigenvalue weighted by Gasteiger charge is 2.44. The molecule has 0 bridgehead atoms. The Bertz CT molecular complexity index is 1280. The number of amidine groups is 1. The summed E-state index contributed by atoms with van der Waals surface area (Å²) in [5.74, 6) is -1.23. The van der Waals surface area contributed by atoms with Crippen molar-refractivity contribution in [2.45, 2.75) is 43.4 Å². The van der Waals surface area contributed by atoms with Crippen molar-refractivity contribution in [1.29, 1.82) is 5.26 Å². The molecule has 184 valence electrons. The number of hydrogen-bond acceptors (Lipinski definition) is 8. The number of aliphatic imine (C=N–C) groups is 1. The molecule has 2 aliphatic rings. The molecule has 0 radical (unpaired) electrons. The van der Waals surface area contributed by atoms with Crippen molar-refractivity contribution in [1.82, 2.24) is 9.97 Å². The van der Waals surface area contributed by atoms with Crippen LogP contribution in [-0.4, -0.2) is 46.3 Å². The number of halogens is 2. The van der Waals surface area contributed by atoms with E-state index in [4.69, 9.17) is 15.2 Å². The average molecular weight is 502 g/mol. The largest absolute Gasteiger partial charge is 0.386 e. The lowest BCUT2D eigenvalue weighted by molar-refractivity contribution is 0.102. The van der Waals surface area contributed by atoms with E-state index < -0.39 is 39.7 Å². The van der Waals surface area contributed by atoms with Gasteiger partial charge in [-0.05, 0) is 50.5 Å². The standard InChI is InChI=1S/C23H25F2N7O2S/c1-14-10-15(11-26)12-28-18(14)20(33)31-17-5-4-16(25)19(30-17)23(13-24)7-9-34-35-22(2,21(27)32-23)6-3-8-29-35/h4-5,10,12H,3,6-9,13H2,1-2H3,(H2,27,32)(H,30,31,33)/t22-,23-,35?/m1/s1. The fourth-order valence-corrected chi connectivity index (χ4v) is 5.79. The van der Waals surface area contributed by atoms with Gasteiger partial charge >= 0.3 is 0 Å². The Kier molecular flexibility index (Phi) is 6.91. The summed E-state index contributed by atoms with van der Waals surface area (Å²) in [4.78, 5) is 25.5. The zero-order valence-electron chi connectivity index (χ0n) is 19.3. The van der Waals surface area contributed by atoms with Crippen LogP contribution in [0, 0.1) is 24.1 Å². The highest BCUT2D eigenvalue weighted by atomic mass is 32.2. The Hall–Kier alpha value is -3.30. The van der Waals surface area contributed by atoms with Crippen LogP contribution in [0.4, 0.5) is 14.6 Å². The molecule has 4 heterocycles. The summed E-state index contributed by atoms with van der Waals surface area (Å²) in [6, 6.07) is 5.85. The number of nitrogens with zero attached hydrogens (tertiary/aromatic N) is 5. The van der Waals surface area contributed by atoms with Crippen LogP contribution in [0.15, 0.2) is 33.8 Å². The number of anilines is 1. The third-order valence-electron chi connectivity index (χ3n) is 6.16. The maximum Gasteiger partial charge on any atom is 0.275 e. The van der Waals surface area contributed by atoms with Crippen LogP contribution in [0.5, 0.6) is 0 Å². The van der Waals surface area contributed by atoms with Crippen LogP contribution in [0.3, 0.4) is 0 Å². The van der Waals surface area contributed by atoms with Crippen molar-refractivity contribution in [2.75, 3.05) is 25.1 Å². The van der Waals surface area contributed by atoms with Crippen LogP contribution in [0.1, 0.15) is 53.5 Å². The van der Waals surface area contributed by atoms with Crippen LogP contribution < -0.4 is 11.1 Å². The fourth-order valence-electron chi connectivity index (χ4n) is 4.09. The first-order valence-electron chi connectivity index (χ1n) is 11.0. The molecule has 1 unspecified atom stereocenters. The Morgan fingerprint density at radius 2 is 2.20 bits per heavy atom. The zero-order chi connectivity index (χ0) is 25.2. The fraction of sp³-hybridized carbons (Fsp3) is 0.435. The summed E-state index contributed by atoms with van der Waals surface area (Å²) in [5.41, 5.74) is 5.26. The van der Waals surface area contributed by atoms with Crippen molar-refractivity contribution in [3.8, 4) is 6.07 Å². The number of amides is 1. The van der Waals surface area contributed by atoms with E-state index in [0.717, 1.165) is 12.5 Å². The first-order chi connectivity index (χ1) is 16.7. The topological polar surface area (TPSA) is 139 Å². The second-order valence-corrected chi connectivity index (χ2v) is 10.5. The first-order valence-corrected chi connectivity index (χ1v) is 12.2. The number of nitriles is 1. The SMILES string of the molecule is Cc1cc(C#N)cnc1C(=O)Nc1ccc(F)c([C@]2(CF)CCOS3=NCCC[C@]3(C)C(N)=N2)n1. The van der Waals surface area contributed by atoms with Gasteiger partial charge in [0, 0.05) is 30.1 Å².